The lowest BCUT2D eigenvalue weighted by Crippen LogP contribution is -2.41. The van der Waals surface area contributed by atoms with Crippen LogP contribution in [0.15, 0.2) is 34.6 Å². The second-order valence-corrected chi connectivity index (χ2v) is 8.29. The van der Waals surface area contributed by atoms with Crippen LogP contribution in [-0.4, -0.2) is 31.1 Å². The fraction of sp³-hybridized carbons (Fsp3) is 0.524. The molecule has 1 saturated carbocycles. The van der Waals surface area contributed by atoms with E-state index < -0.39 is 0 Å². The number of rotatable bonds is 8. The van der Waals surface area contributed by atoms with Gasteiger partial charge in [0.25, 0.3) is 0 Å². The van der Waals surface area contributed by atoms with Gasteiger partial charge in [-0.3, -0.25) is 0 Å². The van der Waals surface area contributed by atoms with Crippen LogP contribution in [-0.2, 0) is 12.0 Å². The second-order valence-electron chi connectivity index (χ2n) is 7.35. The highest BCUT2D eigenvalue weighted by Crippen LogP contribution is 2.50. The summed E-state index contributed by atoms with van der Waals surface area (Å²) < 4.78 is 5.57. The zero-order valence-electron chi connectivity index (χ0n) is 16.7. The zero-order chi connectivity index (χ0) is 19.3. The molecule has 1 fully saturated rings. The molecule has 0 aliphatic heterocycles. The van der Waals surface area contributed by atoms with Crippen LogP contribution in [0.1, 0.15) is 55.8 Å². The molecule has 0 saturated heterocycles. The fourth-order valence-electron chi connectivity index (χ4n) is 3.18. The largest absolute Gasteiger partial charge is 0.496 e. The van der Waals surface area contributed by atoms with Gasteiger partial charge in [-0.15, -0.1) is 11.3 Å². The molecular formula is C21H30N4OS. The first kappa shape index (κ1) is 19.7. The average molecular weight is 387 g/mol. The molecule has 27 heavy (non-hydrogen) atoms. The van der Waals surface area contributed by atoms with Gasteiger partial charge in [-0.1, -0.05) is 32.0 Å². The Morgan fingerprint density at radius 1 is 1.30 bits per heavy atom. The number of thiazole rings is 1. The highest BCUT2D eigenvalue weighted by Gasteiger charge is 2.46. The number of para-hydroxylation sites is 1. The first-order valence-electron chi connectivity index (χ1n) is 9.68. The normalized spacial score (nSPS) is 15.7. The molecule has 0 atom stereocenters. The number of hydrogen-bond acceptors (Lipinski definition) is 4. The summed E-state index contributed by atoms with van der Waals surface area (Å²) in [6, 6.07) is 8.34. The smallest absolute Gasteiger partial charge is 0.191 e. The molecule has 2 N–H and O–H groups in total. The van der Waals surface area contributed by atoms with Crippen LogP contribution in [0.25, 0.3) is 0 Å². The Balaban J connectivity index is 1.65. The summed E-state index contributed by atoms with van der Waals surface area (Å²) in [7, 11) is 1.74. The molecule has 1 aromatic carbocycles. The number of benzene rings is 1. The van der Waals surface area contributed by atoms with E-state index in [9.17, 15) is 0 Å². The Bertz CT molecular complexity index is 780. The predicted molar refractivity (Wildman–Crippen MR) is 113 cm³/mol. The first-order valence-corrected chi connectivity index (χ1v) is 10.6. The third-order valence-corrected chi connectivity index (χ3v) is 5.86. The van der Waals surface area contributed by atoms with Gasteiger partial charge in [0, 0.05) is 29.4 Å². The number of nitrogens with zero attached hydrogens (tertiary/aromatic N) is 2. The SMILES string of the molecule is CCNC(=NCc1nc(C(C)C)cs1)NCC1(c2ccccc2OC)CC1. The van der Waals surface area contributed by atoms with Crippen molar-refractivity contribution >= 4 is 17.3 Å². The lowest BCUT2D eigenvalue weighted by atomic mass is 9.95. The quantitative estimate of drug-likeness (QED) is 0.530. The molecule has 1 aromatic heterocycles. The van der Waals surface area contributed by atoms with Crippen LogP contribution in [0.4, 0.5) is 0 Å². The van der Waals surface area contributed by atoms with E-state index in [1.165, 1.54) is 18.4 Å². The van der Waals surface area contributed by atoms with Gasteiger partial charge in [0.2, 0.25) is 0 Å². The molecule has 2 aromatic rings. The van der Waals surface area contributed by atoms with Crippen molar-refractivity contribution < 1.29 is 4.74 Å². The minimum absolute atomic E-state index is 0.148. The molecule has 6 heteroatoms. The Labute approximate surface area is 166 Å². The van der Waals surface area contributed by atoms with Gasteiger partial charge in [0.1, 0.15) is 10.8 Å². The van der Waals surface area contributed by atoms with Crippen molar-refractivity contribution in [2.24, 2.45) is 4.99 Å². The predicted octanol–water partition coefficient (Wildman–Crippen LogP) is 4.06. The highest BCUT2D eigenvalue weighted by atomic mass is 32.1. The molecule has 0 unspecified atom stereocenters. The van der Waals surface area contributed by atoms with Gasteiger partial charge < -0.3 is 15.4 Å². The molecule has 5 nitrogen and oxygen atoms in total. The third kappa shape index (κ3) is 4.80. The molecule has 0 radical (unpaired) electrons. The number of methoxy groups -OCH3 is 1. The van der Waals surface area contributed by atoms with E-state index in [1.54, 1.807) is 18.4 Å². The molecule has 1 aliphatic carbocycles. The van der Waals surface area contributed by atoms with Crippen molar-refractivity contribution in [1.29, 1.82) is 0 Å². The number of ether oxygens (including phenoxy) is 1. The molecule has 1 aliphatic rings. The maximum absolute atomic E-state index is 5.57. The number of aliphatic imine (C=N–C) groups is 1. The van der Waals surface area contributed by atoms with Crippen molar-refractivity contribution in [3.8, 4) is 5.75 Å². The molecular weight excluding hydrogens is 356 g/mol. The van der Waals surface area contributed by atoms with Crippen molar-refractivity contribution in [3.63, 3.8) is 0 Å². The molecule has 1 heterocycles. The number of nitrogens with one attached hydrogen (secondary N) is 2. The van der Waals surface area contributed by atoms with Crippen LogP contribution < -0.4 is 15.4 Å². The Morgan fingerprint density at radius 2 is 2.07 bits per heavy atom. The Hall–Kier alpha value is -2.08. The van der Waals surface area contributed by atoms with E-state index in [0.717, 1.165) is 35.5 Å². The van der Waals surface area contributed by atoms with Crippen LogP contribution in [0.3, 0.4) is 0 Å². The summed E-state index contributed by atoms with van der Waals surface area (Å²) in [5.41, 5.74) is 2.59. The van der Waals surface area contributed by atoms with Crippen LogP contribution in [0.5, 0.6) is 5.75 Å². The molecule has 0 bridgehead atoms. The first-order chi connectivity index (χ1) is 13.1. The summed E-state index contributed by atoms with van der Waals surface area (Å²) in [5, 5.41) is 10.1. The van der Waals surface area contributed by atoms with E-state index >= 15 is 0 Å². The van der Waals surface area contributed by atoms with Gasteiger partial charge in [-0.2, -0.15) is 0 Å². The Kier molecular flexibility index (Phi) is 6.37. The second kappa shape index (κ2) is 8.74. The van der Waals surface area contributed by atoms with E-state index in [0.29, 0.717) is 12.5 Å². The van der Waals surface area contributed by atoms with Gasteiger partial charge in [0.05, 0.1) is 19.3 Å². The van der Waals surface area contributed by atoms with Crippen LogP contribution in [0, 0.1) is 0 Å². The minimum Gasteiger partial charge on any atom is -0.496 e. The molecule has 0 amide bonds. The summed E-state index contributed by atoms with van der Waals surface area (Å²) in [4.78, 5) is 9.41. The standard InChI is InChI=1S/C21H30N4OS/c1-5-22-20(23-12-19-25-17(13-27-19)15(2)3)24-14-21(10-11-21)16-8-6-7-9-18(16)26-4/h6-9,13,15H,5,10-12,14H2,1-4H3,(H2,22,23,24). The average Bonchev–Trinajstić information content (AvgIpc) is 3.31. The Morgan fingerprint density at radius 3 is 2.70 bits per heavy atom. The van der Waals surface area contributed by atoms with E-state index in [4.69, 9.17) is 9.73 Å². The van der Waals surface area contributed by atoms with E-state index in [2.05, 4.69) is 53.9 Å². The van der Waals surface area contributed by atoms with Crippen molar-refractivity contribution in [2.45, 2.75) is 51.5 Å². The van der Waals surface area contributed by atoms with Crippen molar-refractivity contribution in [1.82, 2.24) is 15.6 Å². The topological polar surface area (TPSA) is 58.5 Å². The minimum atomic E-state index is 0.148. The van der Waals surface area contributed by atoms with Crippen LogP contribution in [0.2, 0.25) is 0 Å². The van der Waals surface area contributed by atoms with Crippen molar-refractivity contribution in [3.05, 3.63) is 45.9 Å². The lowest BCUT2D eigenvalue weighted by Gasteiger charge is -2.21. The van der Waals surface area contributed by atoms with E-state index in [-0.39, 0.29) is 5.41 Å². The van der Waals surface area contributed by atoms with Gasteiger partial charge >= 0.3 is 0 Å². The zero-order valence-corrected chi connectivity index (χ0v) is 17.5. The summed E-state index contributed by atoms with van der Waals surface area (Å²) in [5.74, 6) is 2.28. The monoisotopic (exact) mass is 386 g/mol. The summed E-state index contributed by atoms with van der Waals surface area (Å²) in [6.45, 7) is 8.72. The summed E-state index contributed by atoms with van der Waals surface area (Å²) in [6.07, 6.45) is 2.34. The van der Waals surface area contributed by atoms with Gasteiger partial charge in [0.15, 0.2) is 5.96 Å². The molecule has 3 rings (SSSR count). The highest BCUT2D eigenvalue weighted by molar-refractivity contribution is 7.09. The van der Waals surface area contributed by atoms with Crippen LogP contribution >= 0.6 is 11.3 Å². The summed E-state index contributed by atoms with van der Waals surface area (Å²) >= 11 is 1.69. The van der Waals surface area contributed by atoms with Gasteiger partial charge in [-0.25, -0.2) is 9.98 Å². The molecule has 0 spiro atoms. The number of guanidine groups is 1. The maximum Gasteiger partial charge on any atom is 0.191 e. The third-order valence-electron chi connectivity index (χ3n) is 5.00. The van der Waals surface area contributed by atoms with E-state index in [1.807, 2.05) is 12.1 Å². The fourth-order valence-corrected chi connectivity index (χ4v) is 4.06. The maximum atomic E-state index is 5.57. The molecule has 146 valence electrons. The number of aromatic nitrogens is 1. The van der Waals surface area contributed by atoms with Crippen molar-refractivity contribution in [2.75, 3.05) is 20.2 Å². The lowest BCUT2D eigenvalue weighted by molar-refractivity contribution is 0.403. The van der Waals surface area contributed by atoms with Gasteiger partial charge in [-0.05, 0) is 31.7 Å². The number of hydrogen-bond donors (Lipinski definition) is 2.